The Morgan fingerprint density at radius 1 is 1.00 bits per heavy atom. The molecule has 2 rings (SSSR count). The summed E-state index contributed by atoms with van der Waals surface area (Å²) in [5.74, 6) is 0. The summed E-state index contributed by atoms with van der Waals surface area (Å²) in [6.07, 6.45) is 4.13. The average Bonchev–Trinajstić information content (AvgIpc) is 2.49. The van der Waals surface area contributed by atoms with Crippen LogP contribution in [0.2, 0.25) is 0 Å². The number of piperidine rings is 1. The zero-order valence-corrected chi connectivity index (χ0v) is 16.7. The molecule has 1 fully saturated rings. The highest BCUT2D eigenvalue weighted by atomic mass is 79.9. The van der Waals surface area contributed by atoms with Crippen molar-refractivity contribution < 1.29 is 35.1 Å². The van der Waals surface area contributed by atoms with Crippen molar-refractivity contribution >= 4 is 7.60 Å². The molecule has 0 saturated carbocycles. The lowest BCUT2D eigenvalue weighted by Gasteiger charge is -2.42. The molecule has 0 aliphatic carbocycles. The van der Waals surface area contributed by atoms with Crippen molar-refractivity contribution in [1.82, 2.24) is 0 Å². The van der Waals surface area contributed by atoms with E-state index in [1.165, 1.54) is 24.8 Å². The molecule has 0 bridgehead atoms. The summed E-state index contributed by atoms with van der Waals surface area (Å²) in [5, 5.41) is 0. The molecule has 1 aliphatic heterocycles. The van der Waals surface area contributed by atoms with Gasteiger partial charge in [-0.05, 0) is 33.1 Å². The fraction of sp³-hybridized carbons (Fsp3) is 0.647. The molecule has 1 aromatic carbocycles. The molecule has 23 heavy (non-hydrogen) atoms. The predicted molar refractivity (Wildman–Crippen MR) is 89.7 cm³/mol. The number of hydrogen-bond acceptors (Lipinski definition) is 3. The maximum Gasteiger partial charge on any atom is 0.384 e. The van der Waals surface area contributed by atoms with E-state index in [1.807, 2.05) is 19.9 Å². The minimum Gasteiger partial charge on any atom is -1.00 e. The monoisotopic (exact) mass is 405 g/mol. The van der Waals surface area contributed by atoms with Crippen molar-refractivity contribution in [3.8, 4) is 0 Å². The molecular weight excluding hydrogens is 377 g/mol. The van der Waals surface area contributed by atoms with Crippen LogP contribution < -0.4 is 17.0 Å². The van der Waals surface area contributed by atoms with Crippen LogP contribution in [0.3, 0.4) is 0 Å². The maximum atomic E-state index is 13.0. The van der Waals surface area contributed by atoms with E-state index in [0.29, 0.717) is 19.5 Å². The quantitative estimate of drug-likeness (QED) is 0.484. The Morgan fingerprint density at radius 2 is 1.57 bits per heavy atom. The Labute approximate surface area is 151 Å². The van der Waals surface area contributed by atoms with Crippen LogP contribution in [0.4, 0.5) is 0 Å². The van der Waals surface area contributed by atoms with E-state index in [9.17, 15) is 4.57 Å². The van der Waals surface area contributed by atoms with Gasteiger partial charge < -0.3 is 30.5 Å². The molecule has 1 aromatic rings. The second kappa shape index (κ2) is 9.95. The lowest BCUT2D eigenvalue weighted by molar-refractivity contribution is -0.935. The first-order chi connectivity index (χ1) is 10.6. The molecule has 0 spiro atoms. The molecule has 0 unspecified atom stereocenters. The summed E-state index contributed by atoms with van der Waals surface area (Å²) in [6, 6.07) is 10.5. The third-order valence-electron chi connectivity index (χ3n) is 4.25. The molecule has 1 saturated heterocycles. The van der Waals surface area contributed by atoms with Gasteiger partial charge in [0.25, 0.3) is 0 Å². The molecule has 0 amide bonds. The fourth-order valence-corrected chi connectivity index (χ4v) is 5.53. The van der Waals surface area contributed by atoms with Crippen LogP contribution in [-0.2, 0) is 20.2 Å². The van der Waals surface area contributed by atoms with Gasteiger partial charge in [0, 0.05) is 5.56 Å². The smallest absolute Gasteiger partial charge is 0.384 e. The van der Waals surface area contributed by atoms with Crippen LogP contribution in [-0.4, -0.2) is 37.1 Å². The molecule has 0 atom stereocenters. The van der Waals surface area contributed by atoms with Crippen molar-refractivity contribution in [3.63, 3.8) is 0 Å². The molecule has 0 radical (unpaired) electrons. The van der Waals surface area contributed by atoms with E-state index in [0.717, 1.165) is 24.1 Å². The maximum absolute atomic E-state index is 13.0. The Hall–Kier alpha value is -0.190. The lowest BCUT2D eigenvalue weighted by atomic mass is 10.1. The van der Waals surface area contributed by atoms with Crippen LogP contribution in [0.25, 0.3) is 0 Å². The summed E-state index contributed by atoms with van der Waals surface area (Å²) in [4.78, 5) is 0. The number of benzene rings is 1. The summed E-state index contributed by atoms with van der Waals surface area (Å²) in [6.45, 7) is 7.64. The van der Waals surface area contributed by atoms with Crippen molar-refractivity contribution in [3.05, 3.63) is 35.9 Å². The molecule has 0 aromatic heterocycles. The van der Waals surface area contributed by atoms with Crippen LogP contribution in [0.5, 0.6) is 0 Å². The summed E-state index contributed by atoms with van der Waals surface area (Å²) < 4.78 is 24.9. The number of rotatable bonds is 8. The largest absolute Gasteiger partial charge is 1.00 e. The van der Waals surface area contributed by atoms with Gasteiger partial charge in [0.2, 0.25) is 0 Å². The SMILES string of the molecule is CCOP(=O)(C[N+]1(Cc2ccccc2)CCCCC1)OCC.[Br-]. The second-order valence-corrected chi connectivity index (χ2v) is 8.10. The molecule has 1 heterocycles. The highest BCUT2D eigenvalue weighted by Crippen LogP contribution is 2.51. The van der Waals surface area contributed by atoms with Gasteiger partial charge in [-0.1, -0.05) is 30.3 Å². The summed E-state index contributed by atoms with van der Waals surface area (Å²) >= 11 is 0. The molecule has 0 N–H and O–H groups in total. The number of hydrogen-bond donors (Lipinski definition) is 0. The topological polar surface area (TPSA) is 35.5 Å². The highest BCUT2D eigenvalue weighted by Gasteiger charge is 2.40. The molecule has 132 valence electrons. The molecule has 4 nitrogen and oxygen atoms in total. The number of nitrogens with zero attached hydrogens (tertiary/aromatic N) is 1. The van der Waals surface area contributed by atoms with Crippen molar-refractivity contribution in [2.24, 2.45) is 0 Å². The average molecular weight is 406 g/mol. The Kier molecular flexibility index (Phi) is 9.02. The van der Waals surface area contributed by atoms with Gasteiger partial charge in [-0.3, -0.25) is 4.57 Å². The van der Waals surface area contributed by atoms with Gasteiger partial charge in [-0.2, -0.15) is 0 Å². The summed E-state index contributed by atoms with van der Waals surface area (Å²) in [5.41, 5.74) is 1.30. The van der Waals surface area contributed by atoms with E-state index < -0.39 is 7.60 Å². The normalized spacial score (nSPS) is 17.5. The zero-order chi connectivity index (χ0) is 15.9. The van der Waals surface area contributed by atoms with Crippen LogP contribution >= 0.6 is 7.60 Å². The van der Waals surface area contributed by atoms with Crippen LogP contribution in [0, 0.1) is 0 Å². The molecule has 1 aliphatic rings. The third kappa shape index (κ3) is 6.32. The van der Waals surface area contributed by atoms with Gasteiger partial charge in [0.1, 0.15) is 6.54 Å². The zero-order valence-electron chi connectivity index (χ0n) is 14.2. The van der Waals surface area contributed by atoms with Crippen molar-refractivity contribution in [2.75, 3.05) is 32.6 Å². The van der Waals surface area contributed by atoms with Gasteiger partial charge in [-0.25, -0.2) is 0 Å². The lowest BCUT2D eigenvalue weighted by Crippen LogP contribution is -3.00. The minimum absolute atomic E-state index is 0. The Bertz CT molecular complexity index is 482. The number of likely N-dealkylation sites (tertiary alicyclic amines) is 1. The van der Waals surface area contributed by atoms with Gasteiger partial charge in [0.05, 0.1) is 26.3 Å². The number of quaternary nitrogens is 1. The first-order valence-electron chi connectivity index (χ1n) is 8.38. The van der Waals surface area contributed by atoms with E-state index in [2.05, 4.69) is 24.3 Å². The van der Waals surface area contributed by atoms with E-state index >= 15 is 0 Å². The minimum atomic E-state index is -3.02. The summed E-state index contributed by atoms with van der Waals surface area (Å²) in [7, 11) is -3.02. The molecular formula is C17H29BrNO3P. The van der Waals surface area contributed by atoms with Crippen molar-refractivity contribution in [1.29, 1.82) is 0 Å². The van der Waals surface area contributed by atoms with Crippen molar-refractivity contribution in [2.45, 2.75) is 39.7 Å². The Balaban J connectivity index is 0.00000264. The van der Waals surface area contributed by atoms with Crippen LogP contribution in [0.15, 0.2) is 30.3 Å². The second-order valence-electron chi connectivity index (χ2n) is 6.08. The number of halogens is 1. The first-order valence-corrected chi connectivity index (χ1v) is 10.1. The predicted octanol–water partition coefficient (Wildman–Crippen LogP) is 1.41. The fourth-order valence-electron chi connectivity index (χ4n) is 3.38. The standard InChI is InChI=1S/C17H29NO3P.BrH/c1-3-20-22(19,21-4-2)16-18(13-9-6-10-14-18)15-17-11-7-5-8-12-17;/h5,7-8,11-12H,3-4,6,9-10,13-16H2,1-2H3;1H/q+1;/p-1. The molecule has 6 heteroatoms. The third-order valence-corrected chi connectivity index (χ3v) is 6.50. The Morgan fingerprint density at radius 3 is 2.09 bits per heavy atom. The van der Waals surface area contributed by atoms with Crippen LogP contribution in [0.1, 0.15) is 38.7 Å². The van der Waals surface area contributed by atoms with Gasteiger partial charge >= 0.3 is 7.60 Å². The highest BCUT2D eigenvalue weighted by molar-refractivity contribution is 7.53. The van der Waals surface area contributed by atoms with E-state index in [-0.39, 0.29) is 17.0 Å². The van der Waals surface area contributed by atoms with Gasteiger partial charge in [-0.15, -0.1) is 0 Å². The van der Waals surface area contributed by atoms with E-state index in [4.69, 9.17) is 9.05 Å². The van der Waals surface area contributed by atoms with E-state index in [1.54, 1.807) is 0 Å². The van der Waals surface area contributed by atoms with Gasteiger partial charge in [0.15, 0.2) is 6.29 Å². The first kappa shape index (κ1) is 20.9.